The number of methoxy groups -OCH3 is 1. The molecule has 3 aromatic rings. The number of halogens is 1. The number of carbonyl (C=O) groups is 1. The summed E-state index contributed by atoms with van der Waals surface area (Å²) in [6, 6.07) is 16.1. The van der Waals surface area contributed by atoms with Crippen molar-refractivity contribution in [2.24, 2.45) is 0 Å². The van der Waals surface area contributed by atoms with Crippen molar-refractivity contribution < 1.29 is 9.53 Å². The number of benzene rings is 2. The van der Waals surface area contributed by atoms with Crippen LogP contribution in [0.25, 0.3) is 11.3 Å². The van der Waals surface area contributed by atoms with Gasteiger partial charge in [0.05, 0.1) is 12.8 Å². The summed E-state index contributed by atoms with van der Waals surface area (Å²) >= 11 is 5.97. The normalized spacial score (nSPS) is 10.3. The van der Waals surface area contributed by atoms with Crippen LogP contribution in [-0.2, 0) is 0 Å². The van der Waals surface area contributed by atoms with E-state index < -0.39 is 0 Å². The molecule has 0 unspecified atom stereocenters. The molecule has 0 aliphatic heterocycles. The molecule has 2 aromatic carbocycles. The van der Waals surface area contributed by atoms with Crippen LogP contribution < -0.4 is 10.1 Å². The second kappa shape index (κ2) is 6.54. The Labute approximate surface area is 138 Å². The molecular formula is C17H14ClN3O2. The Kier molecular flexibility index (Phi) is 4.30. The van der Waals surface area contributed by atoms with Crippen molar-refractivity contribution in [2.75, 3.05) is 12.4 Å². The van der Waals surface area contributed by atoms with Gasteiger partial charge in [-0.05, 0) is 42.5 Å². The largest absolute Gasteiger partial charge is 0.497 e. The van der Waals surface area contributed by atoms with Crippen LogP contribution >= 0.6 is 11.6 Å². The van der Waals surface area contributed by atoms with Crippen LogP contribution in [0.1, 0.15) is 10.5 Å². The zero-order valence-electron chi connectivity index (χ0n) is 12.3. The molecule has 0 atom stereocenters. The van der Waals surface area contributed by atoms with E-state index in [9.17, 15) is 4.79 Å². The molecule has 0 spiro atoms. The molecule has 0 bridgehead atoms. The van der Waals surface area contributed by atoms with E-state index in [-0.39, 0.29) is 5.91 Å². The van der Waals surface area contributed by atoms with Gasteiger partial charge < -0.3 is 10.1 Å². The van der Waals surface area contributed by atoms with Crippen LogP contribution in [0, 0.1) is 0 Å². The third kappa shape index (κ3) is 3.52. The Hall–Kier alpha value is -2.79. The maximum Gasteiger partial charge on any atom is 0.273 e. The molecule has 0 saturated heterocycles. The maximum absolute atomic E-state index is 12.2. The number of amides is 1. The van der Waals surface area contributed by atoms with Gasteiger partial charge in [0.25, 0.3) is 5.91 Å². The molecule has 23 heavy (non-hydrogen) atoms. The van der Waals surface area contributed by atoms with Crippen LogP contribution in [-0.4, -0.2) is 23.2 Å². The minimum absolute atomic E-state index is 0.268. The summed E-state index contributed by atoms with van der Waals surface area (Å²) in [5, 5.41) is 10.3. The highest BCUT2D eigenvalue weighted by Crippen LogP contribution is 2.22. The predicted molar refractivity (Wildman–Crippen MR) is 90.0 cm³/mol. The van der Waals surface area contributed by atoms with Crippen LogP contribution in [0.3, 0.4) is 0 Å². The summed E-state index contributed by atoms with van der Waals surface area (Å²) < 4.78 is 5.08. The fraction of sp³-hybridized carbons (Fsp3) is 0.0588. The molecule has 1 aromatic heterocycles. The van der Waals surface area contributed by atoms with Crippen LogP contribution in [0.4, 0.5) is 5.69 Å². The van der Waals surface area contributed by atoms with E-state index in [0.29, 0.717) is 22.1 Å². The summed E-state index contributed by atoms with van der Waals surface area (Å²) in [6.07, 6.45) is 0. The molecule has 0 fully saturated rings. The lowest BCUT2D eigenvalue weighted by molar-refractivity contribution is 0.102. The molecule has 6 heteroatoms. The van der Waals surface area contributed by atoms with Crippen molar-refractivity contribution in [1.82, 2.24) is 10.2 Å². The quantitative estimate of drug-likeness (QED) is 0.761. The van der Waals surface area contributed by atoms with Crippen LogP contribution in [0.2, 0.25) is 5.02 Å². The standard InChI is InChI=1S/C17H14ClN3O2/c1-23-14-7-5-13(6-8-14)19-17(22)16-10-15(20-21-16)11-3-2-4-12(18)9-11/h2-10H,1H3,(H,19,22)(H,20,21). The number of H-pyrrole nitrogens is 1. The van der Waals surface area contributed by atoms with E-state index in [2.05, 4.69) is 15.5 Å². The number of rotatable bonds is 4. The predicted octanol–water partition coefficient (Wildman–Crippen LogP) is 3.99. The van der Waals surface area contributed by atoms with Crippen LogP contribution in [0.15, 0.2) is 54.6 Å². The topological polar surface area (TPSA) is 67.0 Å². The van der Waals surface area contributed by atoms with Crippen molar-refractivity contribution in [1.29, 1.82) is 0 Å². The SMILES string of the molecule is COc1ccc(NC(=O)c2cc(-c3cccc(Cl)c3)n[nH]2)cc1. The first-order chi connectivity index (χ1) is 11.2. The summed E-state index contributed by atoms with van der Waals surface area (Å²) in [7, 11) is 1.59. The van der Waals surface area contributed by atoms with E-state index in [1.165, 1.54) is 0 Å². The van der Waals surface area contributed by atoms with Gasteiger partial charge in [0.2, 0.25) is 0 Å². The number of aromatic amines is 1. The van der Waals surface area contributed by atoms with Crippen molar-refractivity contribution >= 4 is 23.2 Å². The number of carbonyl (C=O) groups excluding carboxylic acids is 1. The lowest BCUT2D eigenvalue weighted by Crippen LogP contribution is -2.12. The molecule has 3 rings (SSSR count). The Morgan fingerprint density at radius 2 is 1.96 bits per heavy atom. The smallest absolute Gasteiger partial charge is 0.273 e. The van der Waals surface area contributed by atoms with Crippen molar-refractivity contribution in [3.8, 4) is 17.0 Å². The van der Waals surface area contributed by atoms with E-state index in [1.807, 2.05) is 12.1 Å². The van der Waals surface area contributed by atoms with Gasteiger partial charge in [0, 0.05) is 16.3 Å². The van der Waals surface area contributed by atoms with Crippen molar-refractivity contribution in [3.05, 3.63) is 65.3 Å². The Balaban J connectivity index is 1.75. The van der Waals surface area contributed by atoms with Gasteiger partial charge in [-0.2, -0.15) is 5.10 Å². The molecule has 1 heterocycles. The number of nitrogens with zero attached hydrogens (tertiary/aromatic N) is 1. The van der Waals surface area contributed by atoms with Crippen molar-refractivity contribution in [2.45, 2.75) is 0 Å². The van der Waals surface area contributed by atoms with Gasteiger partial charge in [0.1, 0.15) is 11.4 Å². The number of nitrogens with one attached hydrogen (secondary N) is 2. The number of ether oxygens (including phenoxy) is 1. The second-order valence-electron chi connectivity index (χ2n) is 4.86. The molecule has 2 N–H and O–H groups in total. The summed E-state index contributed by atoms with van der Waals surface area (Å²) in [5.74, 6) is 0.462. The summed E-state index contributed by atoms with van der Waals surface area (Å²) in [4.78, 5) is 12.2. The first-order valence-electron chi connectivity index (χ1n) is 6.92. The van der Waals surface area contributed by atoms with Gasteiger partial charge in [0.15, 0.2) is 0 Å². The van der Waals surface area contributed by atoms with Crippen LogP contribution in [0.5, 0.6) is 5.75 Å². The third-order valence-electron chi connectivity index (χ3n) is 3.29. The second-order valence-corrected chi connectivity index (χ2v) is 5.30. The Morgan fingerprint density at radius 1 is 1.17 bits per heavy atom. The van der Waals surface area contributed by atoms with E-state index in [0.717, 1.165) is 11.3 Å². The van der Waals surface area contributed by atoms with E-state index in [1.54, 1.807) is 49.6 Å². The fourth-order valence-electron chi connectivity index (χ4n) is 2.11. The lowest BCUT2D eigenvalue weighted by atomic mass is 10.1. The molecule has 0 radical (unpaired) electrons. The van der Waals surface area contributed by atoms with Gasteiger partial charge in [-0.25, -0.2) is 0 Å². The Morgan fingerprint density at radius 3 is 2.65 bits per heavy atom. The molecule has 116 valence electrons. The molecule has 0 aliphatic carbocycles. The van der Waals surface area contributed by atoms with Gasteiger partial charge in [-0.3, -0.25) is 9.89 Å². The zero-order chi connectivity index (χ0) is 16.2. The highest BCUT2D eigenvalue weighted by Gasteiger charge is 2.11. The highest BCUT2D eigenvalue weighted by molar-refractivity contribution is 6.30. The lowest BCUT2D eigenvalue weighted by Gasteiger charge is -2.04. The minimum Gasteiger partial charge on any atom is -0.497 e. The summed E-state index contributed by atoms with van der Waals surface area (Å²) in [6.45, 7) is 0. The molecular weight excluding hydrogens is 314 g/mol. The minimum atomic E-state index is -0.268. The number of aromatic nitrogens is 2. The average molecular weight is 328 g/mol. The molecule has 0 saturated carbocycles. The monoisotopic (exact) mass is 327 g/mol. The zero-order valence-corrected chi connectivity index (χ0v) is 13.1. The van der Waals surface area contributed by atoms with Crippen molar-refractivity contribution in [3.63, 3.8) is 0 Å². The third-order valence-corrected chi connectivity index (χ3v) is 3.53. The van der Waals surface area contributed by atoms with E-state index in [4.69, 9.17) is 16.3 Å². The molecule has 1 amide bonds. The first-order valence-corrected chi connectivity index (χ1v) is 7.30. The maximum atomic E-state index is 12.2. The Bertz CT molecular complexity index is 828. The average Bonchev–Trinajstić information content (AvgIpc) is 3.06. The van der Waals surface area contributed by atoms with Gasteiger partial charge in [-0.15, -0.1) is 0 Å². The summed E-state index contributed by atoms with van der Waals surface area (Å²) in [5.41, 5.74) is 2.55. The van der Waals surface area contributed by atoms with Gasteiger partial charge in [-0.1, -0.05) is 23.7 Å². The highest BCUT2D eigenvalue weighted by atomic mass is 35.5. The van der Waals surface area contributed by atoms with E-state index >= 15 is 0 Å². The molecule has 5 nitrogen and oxygen atoms in total. The fourth-order valence-corrected chi connectivity index (χ4v) is 2.30. The number of anilines is 1. The molecule has 0 aliphatic rings. The number of hydrogen-bond acceptors (Lipinski definition) is 3. The van der Waals surface area contributed by atoms with Gasteiger partial charge >= 0.3 is 0 Å². The number of hydrogen-bond donors (Lipinski definition) is 2. The first kappa shape index (κ1) is 15.1.